The second-order valence-corrected chi connectivity index (χ2v) is 13.7. The summed E-state index contributed by atoms with van der Waals surface area (Å²) in [4.78, 5) is 0. The molecule has 0 saturated carbocycles. The van der Waals surface area contributed by atoms with Gasteiger partial charge in [-0.05, 0) is 50.2 Å². The Morgan fingerprint density at radius 3 is 1.63 bits per heavy atom. The Morgan fingerprint density at radius 2 is 1.26 bits per heavy atom. The van der Waals surface area contributed by atoms with E-state index in [0.717, 1.165) is 24.0 Å². The number of rotatable bonds is 2. The maximum absolute atomic E-state index is 6.24. The summed E-state index contributed by atoms with van der Waals surface area (Å²) in [6, 6.07) is 6.73. The minimum atomic E-state index is -1.79. The number of hydrogen-bond donors (Lipinski definition) is 0. The quantitative estimate of drug-likeness (QED) is 0.786. The van der Waals surface area contributed by atoms with Crippen molar-refractivity contribution in [3.8, 4) is 0 Å². The Labute approximate surface area is 117 Å². The molecular weight excluding hydrogens is 272 g/mol. The van der Waals surface area contributed by atoms with E-state index in [1.54, 1.807) is 0 Å². The van der Waals surface area contributed by atoms with Gasteiger partial charge in [-0.15, -0.1) is 0 Å². The Kier molecular flexibility index (Phi) is 3.72. The molecule has 2 fully saturated rings. The summed E-state index contributed by atoms with van der Waals surface area (Å²) in [6.45, 7) is 6.40. The molecule has 2 saturated heterocycles. The van der Waals surface area contributed by atoms with Gasteiger partial charge >= 0.3 is 0 Å². The van der Waals surface area contributed by atoms with Gasteiger partial charge in [-0.3, -0.25) is 0 Å². The van der Waals surface area contributed by atoms with Gasteiger partial charge in [-0.1, -0.05) is 12.8 Å². The molecule has 0 spiro atoms. The Bertz CT molecular complexity index is 393. The van der Waals surface area contributed by atoms with Gasteiger partial charge in [0.15, 0.2) is 0 Å². The maximum atomic E-state index is 6.24. The van der Waals surface area contributed by atoms with Crippen LogP contribution in [0.5, 0.6) is 0 Å². The van der Waals surface area contributed by atoms with Gasteiger partial charge in [0.25, 0.3) is 16.6 Å². The molecule has 0 aromatic carbocycles. The van der Waals surface area contributed by atoms with Gasteiger partial charge in [-0.25, -0.2) is 0 Å². The van der Waals surface area contributed by atoms with Crippen molar-refractivity contribution in [3.63, 3.8) is 0 Å². The minimum absolute atomic E-state index is 0.907. The normalized spacial score (nSPS) is 36.3. The molecule has 5 heteroatoms. The Balaban J connectivity index is 1.82. The van der Waals surface area contributed by atoms with Crippen molar-refractivity contribution in [3.05, 3.63) is 12.1 Å². The molecule has 1 aromatic heterocycles. The van der Waals surface area contributed by atoms with Crippen LogP contribution in [0.15, 0.2) is 16.5 Å². The van der Waals surface area contributed by atoms with E-state index in [1.807, 2.05) is 0 Å². The molecule has 0 N–H and O–H groups in total. The SMILES string of the molecule is C[Si]1(c2ccc([Si]3(C)CCCCO3)o2)CCCCO1. The molecule has 1 aromatic rings. The molecule has 19 heavy (non-hydrogen) atoms. The number of hydrogen-bond acceptors (Lipinski definition) is 3. The van der Waals surface area contributed by atoms with Gasteiger partial charge in [-0.2, -0.15) is 0 Å². The van der Waals surface area contributed by atoms with E-state index < -0.39 is 16.6 Å². The fourth-order valence-electron chi connectivity index (χ4n) is 3.16. The molecule has 2 aliphatic rings. The van der Waals surface area contributed by atoms with E-state index in [2.05, 4.69) is 25.2 Å². The molecule has 3 rings (SSSR count). The van der Waals surface area contributed by atoms with Gasteiger partial charge in [0.2, 0.25) is 0 Å². The highest BCUT2D eigenvalue weighted by Crippen LogP contribution is 2.24. The topological polar surface area (TPSA) is 31.6 Å². The largest absolute Gasteiger partial charge is 0.470 e. The monoisotopic (exact) mass is 296 g/mol. The highest BCUT2D eigenvalue weighted by molar-refractivity contribution is 6.86. The lowest BCUT2D eigenvalue weighted by molar-refractivity contribution is 0.271. The first kappa shape index (κ1) is 13.6. The highest BCUT2D eigenvalue weighted by atomic mass is 28.4. The van der Waals surface area contributed by atoms with Crippen molar-refractivity contribution < 1.29 is 13.3 Å². The average molecular weight is 297 g/mol. The standard InChI is InChI=1S/C14H24O3Si2/c1-18(11-5-3-9-15-18)13-7-8-14(17-13)19(2)12-6-4-10-16-19/h7-8H,3-6,9-12H2,1-2H3. The van der Waals surface area contributed by atoms with Crippen molar-refractivity contribution in [2.24, 2.45) is 0 Å². The van der Waals surface area contributed by atoms with Crippen LogP contribution in [-0.4, -0.2) is 29.8 Å². The molecule has 3 heterocycles. The van der Waals surface area contributed by atoms with Crippen LogP contribution in [0.1, 0.15) is 25.7 Å². The fourth-order valence-corrected chi connectivity index (χ4v) is 8.89. The fraction of sp³-hybridized carbons (Fsp3) is 0.714. The molecule has 0 radical (unpaired) electrons. The molecule has 2 aliphatic heterocycles. The molecule has 3 nitrogen and oxygen atoms in total. The second-order valence-electron chi connectivity index (χ2n) is 6.24. The lowest BCUT2D eigenvalue weighted by Gasteiger charge is -2.31. The third kappa shape index (κ3) is 2.61. The Morgan fingerprint density at radius 1 is 0.789 bits per heavy atom. The van der Waals surface area contributed by atoms with E-state index >= 15 is 0 Å². The summed E-state index contributed by atoms with van der Waals surface area (Å²) >= 11 is 0. The van der Waals surface area contributed by atoms with Crippen molar-refractivity contribution in [1.29, 1.82) is 0 Å². The van der Waals surface area contributed by atoms with Gasteiger partial charge in [0.1, 0.15) is 10.8 Å². The van der Waals surface area contributed by atoms with Crippen molar-refractivity contribution in [2.45, 2.75) is 50.9 Å². The highest BCUT2D eigenvalue weighted by Gasteiger charge is 2.41. The van der Waals surface area contributed by atoms with Crippen LogP contribution < -0.4 is 10.8 Å². The van der Waals surface area contributed by atoms with Gasteiger partial charge < -0.3 is 13.3 Å². The first-order valence-electron chi connectivity index (χ1n) is 7.51. The van der Waals surface area contributed by atoms with E-state index in [1.165, 1.54) is 37.8 Å². The zero-order valence-corrected chi connectivity index (χ0v) is 14.0. The van der Waals surface area contributed by atoms with Crippen LogP contribution >= 0.6 is 0 Å². The molecular formula is C14H24O3Si2. The summed E-state index contributed by atoms with van der Waals surface area (Å²) in [5.41, 5.74) is 0. The van der Waals surface area contributed by atoms with E-state index in [-0.39, 0.29) is 0 Å². The first-order valence-corrected chi connectivity index (χ1v) is 12.7. The van der Waals surface area contributed by atoms with Crippen LogP contribution in [0.25, 0.3) is 0 Å². The van der Waals surface area contributed by atoms with Crippen LogP contribution in [0.4, 0.5) is 0 Å². The van der Waals surface area contributed by atoms with Crippen molar-refractivity contribution in [1.82, 2.24) is 0 Å². The molecule has 106 valence electrons. The molecule has 0 bridgehead atoms. The smallest absolute Gasteiger partial charge is 0.260 e. The summed E-state index contributed by atoms with van der Waals surface area (Å²) in [5, 5.41) is 2.26. The summed E-state index contributed by atoms with van der Waals surface area (Å²) < 4.78 is 18.5. The van der Waals surface area contributed by atoms with Crippen LogP contribution in [-0.2, 0) is 8.85 Å². The maximum Gasteiger partial charge on any atom is 0.260 e. The third-order valence-corrected chi connectivity index (χ3v) is 11.5. The zero-order chi connectivity index (χ0) is 13.3. The number of furan rings is 1. The lowest BCUT2D eigenvalue weighted by Crippen LogP contribution is -2.52. The van der Waals surface area contributed by atoms with E-state index in [0.29, 0.717) is 0 Å². The molecule has 2 unspecified atom stereocenters. The Hall–Kier alpha value is -0.366. The van der Waals surface area contributed by atoms with E-state index in [9.17, 15) is 0 Å². The van der Waals surface area contributed by atoms with Gasteiger partial charge in [0, 0.05) is 13.2 Å². The van der Waals surface area contributed by atoms with Crippen molar-refractivity contribution >= 4 is 27.4 Å². The second kappa shape index (κ2) is 5.20. The summed E-state index contributed by atoms with van der Waals surface area (Å²) in [6.07, 6.45) is 4.96. The van der Waals surface area contributed by atoms with Crippen LogP contribution in [0.2, 0.25) is 25.2 Å². The predicted molar refractivity (Wildman–Crippen MR) is 81.2 cm³/mol. The first-order chi connectivity index (χ1) is 9.12. The third-order valence-electron chi connectivity index (χ3n) is 4.59. The molecule has 0 aliphatic carbocycles. The molecule has 0 amide bonds. The average Bonchev–Trinajstić information content (AvgIpc) is 2.91. The van der Waals surface area contributed by atoms with Gasteiger partial charge in [0.05, 0.1) is 0 Å². The minimum Gasteiger partial charge on any atom is -0.470 e. The molecule has 2 atom stereocenters. The summed E-state index contributed by atoms with van der Waals surface area (Å²) in [5.74, 6) is 0. The van der Waals surface area contributed by atoms with Crippen molar-refractivity contribution in [2.75, 3.05) is 13.2 Å². The zero-order valence-electron chi connectivity index (χ0n) is 12.0. The van der Waals surface area contributed by atoms with Crippen LogP contribution in [0.3, 0.4) is 0 Å². The predicted octanol–water partition coefficient (Wildman–Crippen LogP) is 2.47. The van der Waals surface area contributed by atoms with E-state index in [4.69, 9.17) is 13.3 Å². The lowest BCUT2D eigenvalue weighted by atomic mass is 10.4. The summed E-state index contributed by atoms with van der Waals surface area (Å²) in [7, 11) is -3.58. The van der Waals surface area contributed by atoms with Crippen LogP contribution in [0, 0.1) is 0 Å².